The molecule has 0 heterocycles. The van der Waals surface area contributed by atoms with Gasteiger partial charge < -0.3 is 0 Å². The number of rotatable bonds is 7. The van der Waals surface area contributed by atoms with E-state index < -0.39 is 11.0 Å². The molecule has 186 valence electrons. The van der Waals surface area contributed by atoms with Crippen molar-refractivity contribution in [2.75, 3.05) is 0 Å². The first-order valence-electron chi connectivity index (χ1n) is 13.2. The summed E-state index contributed by atoms with van der Waals surface area (Å²) in [5.41, 5.74) is 3.80. The zero-order valence-corrected chi connectivity index (χ0v) is 22.8. The van der Waals surface area contributed by atoms with Crippen molar-refractivity contribution in [2.24, 2.45) is 0 Å². The molecule has 2 nitrogen and oxygen atoms in total. The molecule has 2 aromatic carbocycles. The van der Waals surface area contributed by atoms with Crippen molar-refractivity contribution in [1.29, 1.82) is 0 Å². The summed E-state index contributed by atoms with van der Waals surface area (Å²) in [4.78, 5) is 0. The van der Waals surface area contributed by atoms with Crippen LogP contribution < -0.4 is 10.0 Å². The van der Waals surface area contributed by atoms with Crippen LogP contribution in [0.2, 0.25) is 0 Å². The molecule has 2 aliphatic carbocycles. The van der Waals surface area contributed by atoms with Crippen molar-refractivity contribution < 1.29 is 8.60 Å². The van der Waals surface area contributed by atoms with E-state index >= 15 is 0 Å². The zero-order valence-electron chi connectivity index (χ0n) is 21.1. The molecule has 0 aliphatic heterocycles. The molecule has 0 bridgehead atoms. The fourth-order valence-corrected chi connectivity index (χ4v) is 10.4. The Balaban J connectivity index is 1.78. The van der Waals surface area contributed by atoms with Crippen LogP contribution in [0.4, 0.5) is 4.39 Å². The second-order valence-electron chi connectivity index (χ2n) is 11.0. The maximum absolute atomic E-state index is 13.8. The lowest BCUT2D eigenvalue weighted by molar-refractivity contribution is 0.487. The largest absolute Gasteiger partial charge is 0.242 e. The second-order valence-corrected chi connectivity index (χ2v) is 15.8. The molecular weight excluding hydrogens is 460 g/mol. The van der Waals surface area contributed by atoms with E-state index in [1.54, 1.807) is 0 Å². The standard InChI is InChI=1S/C29H41FNOPS/c1-29(2,3)34(32)31-28(22-18-20-23(30)21-19-22)26-16-10-11-17-27(26)33(24-12-6-4-7-13-24)25-14-8-5-9-15-25/h10-11,16-21,24-25,28,31H,4-9,12-15H2,1-3H3. The van der Waals surface area contributed by atoms with Gasteiger partial charge in [0.1, 0.15) is 5.82 Å². The van der Waals surface area contributed by atoms with E-state index in [1.807, 2.05) is 32.9 Å². The summed E-state index contributed by atoms with van der Waals surface area (Å²) < 4.78 is 30.2. The number of hydrogen-bond donors (Lipinski definition) is 1. The van der Waals surface area contributed by atoms with E-state index in [0.717, 1.165) is 16.9 Å². The third-order valence-corrected chi connectivity index (χ3v) is 12.6. The summed E-state index contributed by atoms with van der Waals surface area (Å²) >= 11 is 0. The van der Waals surface area contributed by atoms with Gasteiger partial charge in [-0.1, -0.05) is 82.8 Å². The predicted molar refractivity (Wildman–Crippen MR) is 146 cm³/mol. The molecule has 5 heteroatoms. The van der Waals surface area contributed by atoms with Crippen LogP contribution in [-0.4, -0.2) is 20.3 Å². The second kappa shape index (κ2) is 11.8. The normalized spacial score (nSPS) is 20.4. The van der Waals surface area contributed by atoms with Gasteiger partial charge in [0.15, 0.2) is 0 Å². The van der Waals surface area contributed by atoms with E-state index in [-0.39, 0.29) is 24.5 Å². The average molecular weight is 502 g/mol. The number of nitrogens with one attached hydrogen (secondary N) is 1. The highest BCUT2D eigenvalue weighted by Crippen LogP contribution is 2.56. The lowest BCUT2D eigenvalue weighted by Crippen LogP contribution is -2.38. The molecule has 0 amide bonds. The van der Waals surface area contributed by atoms with Gasteiger partial charge in [-0.25, -0.2) is 13.3 Å². The van der Waals surface area contributed by atoms with Gasteiger partial charge in [-0.05, 0) is 86.3 Å². The molecule has 2 atom stereocenters. The minimum absolute atomic E-state index is 0.214. The van der Waals surface area contributed by atoms with Crippen LogP contribution in [0.3, 0.4) is 0 Å². The summed E-state index contributed by atoms with van der Waals surface area (Å²) in [6.45, 7) is 6.00. The first-order valence-corrected chi connectivity index (χ1v) is 15.8. The fourth-order valence-electron chi connectivity index (χ4n) is 5.63. The van der Waals surface area contributed by atoms with Crippen LogP contribution in [0.1, 0.15) is 102 Å². The molecule has 2 aromatic rings. The molecular formula is C29H41FNOPS. The summed E-state index contributed by atoms with van der Waals surface area (Å²) in [5.74, 6) is -0.237. The smallest absolute Gasteiger partial charge is 0.123 e. The lowest BCUT2D eigenvalue weighted by Gasteiger charge is -2.40. The van der Waals surface area contributed by atoms with E-state index in [9.17, 15) is 8.60 Å². The highest BCUT2D eigenvalue weighted by atomic mass is 32.2. The first-order chi connectivity index (χ1) is 16.3. The molecule has 34 heavy (non-hydrogen) atoms. The summed E-state index contributed by atoms with van der Waals surface area (Å²) in [5, 5.41) is 1.49. The minimum Gasteiger partial charge on any atom is -0.242 e. The topological polar surface area (TPSA) is 29.1 Å². The third-order valence-electron chi connectivity index (χ3n) is 7.45. The summed E-state index contributed by atoms with van der Waals surface area (Å²) in [6.07, 6.45) is 13.5. The van der Waals surface area contributed by atoms with Crippen LogP contribution in [0.5, 0.6) is 0 Å². The zero-order chi connectivity index (χ0) is 24.1. The minimum atomic E-state index is -1.24. The molecule has 2 fully saturated rings. The molecule has 4 rings (SSSR count). The fraction of sp³-hybridized carbons (Fsp3) is 0.586. The van der Waals surface area contributed by atoms with Gasteiger partial charge in [0.05, 0.1) is 21.8 Å². The van der Waals surface area contributed by atoms with Crippen molar-refractivity contribution in [1.82, 2.24) is 4.72 Å². The monoisotopic (exact) mass is 501 g/mol. The lowest BCUT2D eigenvalue weighted by atomic mass is 9.99. The molecule has 2 unspecified atom stereocenters. The molecule has 2 saturated carbocycles. The van der Waals surface area contributed by atoms with Crippen molar-refractivity contribution >= 4 is 24.2 Å². The van der Waals surface area contributed by atoms with E-state index in [0.29, 0.717) is 0 Å². The Morgan fingerprint density at radius 3 is 1.91 bits per heavy atom. The predicted octanol–water partition coefficient (Wildman–Crippen LogP) is 7.74. The molecule has 0 spiro atoms. The molecule has 0 aromatic heterocycles. The van der Waals surface area contributed by atoms with Gasteiger partial charge in [-0.2, -0.15) is 0 Å². The van der Waals surface area contributed by atoms with Crippen LogP contribution in [0, 0.1) is 5.82 Å². The Morgan fingerprint density at radius 2 is 1.38 bits per heavy atom. The van der Waals surface area contributed by atoms with Crippen molar-refractivity contribution in [2.45, 2.75) is 107 Å². The molecule has 1 N–H and O–H groups in total. The molecule has 0 saturated heterocycles. The maximum Gasteiger partial charge on any atom is 0.123 e. The van der Waals surface area contributed by atoms with Crippen LogP contribution in [-0.2, 0) is 11.0 Å². The maximum atomic E-state index is 13.8. The average Bonchev–Trinajstić information content (AvgIpc) is 2.84. The summed E-state index contributed by atoms with van der Waals surface area (Å²) in [7, 11) is -1.55. The van der Waals surface area contributed by atoms with Crippen LogP contribution >= 0.6 is 7.92 Å². The first kappa shape index (κ1) is 26.0. The Hall–Kier alpha value is -1.09. The number of halogens is 1. The molecule has 2 aliphatic rings. The quantitative estimate of drug-likeness (QED) is 0.386. The van der Waals surface area contributed by atoms with Gasteiger partial charge >= 0.3 is 0 Å². The van der Waals surface area contributed by atoms with Gasteiger partial charge in [-0.3, -0.25) is 0 Å². The highest BCUT2D eigenvalue weighted by molar-refractivity contribution is 7.84. The van der Waals surface area contributed by atoms with Gasteiger partial charge in [-0.15, -0.1) is 0 Å². The number of benzene rings is 2. The van der Waals surface area contributed by atoms with Crippen LogP contribution in [0.15, 0.2) is 48.5 Å². The Labute approximate surface area is 209 Å². The molecule has 0 radical (unpaired) electrons. The van der Waals surface area contributed by atoms with Gasteiger partial charge in [0, 0.05) is 0 Å². The Bertz CT molecular complexity index is 927. The SMILES string of the molecule is CC(C)(C)S(=O)NC(c1ccc(F)cc1)c1ccccc1P(C1CCCCC1)C1CCCCC1. The Kier molecular flexibility index (Phi) is 8.99. The highest BCUT2D eigenvalue weighted by Gasteiger charge is 2.35. The third kappa shape index (κ3) is 6.37. The van der Waals surface area contributed by atoms with E-state index in [4.69, 9.17) is 0 Å². The number of hydrogen-bond acceptors (Lipinski definition) is 1. The Morgan fingerprint density at radius 1 is 0.853 bits per heavy atom. The van der Waals surface area contributed by atoms with E-state index in [1.165, 1.54) is 87.2 Å². The van der Waals surface area contributed by atoms with Gasteiger partial charge in [0.2, 0.25) is 0 Å². The van der Waals surface area contributed by atoms with Crippen molar-refractivity contribution in [3.8, 4) is 0 Å². The van der Waals surface area contributed by atoms with Crippen molar-refractivity contribution in [3.63, 3.8) is 0 Å². The van der Waals surface area contributed by atoms with Gasteiger partial charge in [0.25, 0.3) is 0 Å². The van der Waals surface area contributed by atoms with E-state index in [2.05, 4.69) is 29.0 Å². The summed E-state index contributed by atoms with van der Waals surface area (Å²) in [6, 6.07) is 15.5. The van der Waals surface area contributed by atoms with Crippen LogP contribution in [0.25, 0.3) is 0 Å². The van der Waals surface area contributed by atoms with Crippen molar-refractivity contribution in [3.05, 3.63) is 65.5 Å².